The van der Waals surface area contributed by atoms with Crippen molar-refractivity contribution in [2.24, 2.45) is 0 Å². The second-order valence-electron chi connectivity index (χ2n) is 6.56. The molecule has 0 radical (unpaired) electrons. The maximum atomic E-state index is 13.4. The average molecular weight is 377 g/mol. The van der Waals surface area contributed by atoms with Crippen molar-refractivity contribution < 1.29 is 9.53 Å². The molecule has 7 nitrogen and oxygen atoms in total. The van der Waals surface area contributed by atoms with Gasteiger partial charge in [0.05, 0.1) is 24.5 Å². The third-order valence-electron chi connectivity index (χ3n) is 4.78. The van der Waals surface area contributed by atoms with Gasteiger partial charge in [-0.1, -0.05) is 24.3 Å². The summed E-state index contributed by atoms with van der Waals surface area (Å²) in [6.45, 7) is 4.39. The fourth-order valence-electron chi connectivity index (χ4n) is 3.43. The molecule has 1 unspecified atom stereocenters. The van der Waals surface area contributed by atoms with E-state index in [0.717, 1.165) is 17.8 Å². The maximum absolute atomic E-state index is 13.4. The molecular weight excluding hydrogens is 354 g/mol. The van der Waals surface area contributed by atoms with Gasteiger partial charge in [0.25, 0.3) is 5.91 Å². The van der Waals surface area contributed by atoms with Crippen LogP contribution in [-0.4, -0.2) is 51.8 Å². The van der Waals surface area contributed by atoms with E-state index in [4.69, 9.17) is 4.74 Å². The number of hydrogen-bond donors (Lipinski definition) is 1. The first-order chi connectivity index (χ1) is 13.8. The zero-order valence-electron chi connectivity index (χ0n) is 15.8. The van der Waals surface area contributed by atoms with E-state index in [1.165, 1.54) is 0 Å². The second kappa shape index (κ2) is 8.22. The van der Waals surface area contributed by atoms with Crippen LogP contribution in [0.15, 0.2) is 61.1 Å². The Balaban J connectivity index is 1.68. The standard InChI is InChI=1S/C21H23N5O2/c1-2-28-19-15-26(17-8-4-3-5-9-17)24-20(19)21(27)25-12-11-23-14-18(25)16-7-6-10-22-13-16/h3-10,13,15,18,23H,2,11-12,14H2,1H3. The molecule has 28 heavy (non-hydrogen) atoms. The Bertz CT molecular complexity index is 926. The molecule has 3 aromatic rings. The van der Waals surface area contributed by atoms with Gasteiger partial charge in [-0.15, -0.1) is 0 Å². The first-order valence-electron chi connectivity index (χ1n) is 9.47. The molecule has 7 heteroatoms. The predicted octanol–water partition coefficient (Wildman–Crippen LogP) is 2.45. The van der Waals surface area contributed by atoms with Crippen LogP contribution in [0.2, 0.25) is 0 Å². The number of ether oxygens (including phenoxy) is 1. The highest BCUT2D eigenvalue weighted by Gasteiger charge is 2.32. The summed E-state index contributed by atoms with van der Waals surface area (Å²) >= 11 is 0. The van der Waals surface area contributed by atoms with E-state index in [1.54, 1.807) is 17.1 Å². The lowest BCUT2D eigenvalue weighted by atomic mass is 10.0. The largest absolute Gasteiger partial charge is 0.490 e. The maximum Gasteiger partial charge on any atom is 0.278 e. The molecule has 0 spiro atoms. The van der Waals surface area contributed by atoms with Crippen molar-refractivity contribution in [2.45, 2.75) is 13.0 Å². The first kappa shape index (κ1) is 18.2. The Hall–Kier alpha value is -3.19. The number of amides is 1. The molecule has 144 valence electrons. The van der Waals surface area contributed by atoms with Gasteiger partial charge in [-0.05, 0) is 30.7 Å². The molecule has 1 fully saturated rings. The summed E-state index contributed by atoms with van der Waals surface area (Å²) in [6, 6.07) is 13.5. The van der Waals surface area contributed by atoms with Crippen LogP contribution < -0.4 is 10.1 Å². The van der Waals surface area contributed by atoms with Crippen LogP contribution in [0.1, 0.15) is 29.0 Å². The molecule has 2 aromatic heterocycles. The summed E-state index contributed by atoms with van der Waals surface area (Å²) < 4.78 is 7.43. The normalized spacial score (nSPS) is 16.8. The molecule has 1 atom stereocenters. The Kier molecular flexibility index (Phi) is 5.34. The van der Waals surface area contributed by atoms with E-state index in [0.29, 0.717) is 31.1 Å². The van der Waals surface area contributed by atoms with Crippen molar-refractivity contribution in [3.63, 3.8) is 0 Å². The summed E-state index contributed by atoms with van der Waals surface area (Å²) in [5, 5.41) is 7.93. The van der Waals surface area contributed by atoms with Crippen molar-refractivity contribution in [1.29, 1.82) is 0 Å². The average Bonchev–Trinajstić information content (AvgIpc) is 3.19. The van der Waals surface area contributed by atoms with Gasteiger partial charge in [0, 0.05) is 32.0 Å². The van der Waals surface area contributed by atoms with Gasteiger partial charge >= 0.3 is 0 Å². The van der Waals surface area contributed by atoms with Crippen molar-refractivity contribution in [3.05, 3.63) is 72.3 Å². The summed E-state index contributed by atoms with van der Waals surface area (Å²) in [6.07, 6.45) is 5.32. The summed E-state index contributed by atoms with van der Waals surface area (Å²) in [7, 11) is 0. The highest BCUT2D eigenvalue weighted by atomic mass is 16.5. The van der Waals surface area contributed by atoms with Crippen LogP contribution in [0.5, 0.6) is 5.75 Å². The second-order valence-corrected chi connectivity index (χ2v) is 6.56. The van der Waals surface area contributed by atoms with E-state index in [-0.39, 0.29) is 11.9 Å². The van der Waals surface area contributed by atoms with Crippen LogP contribution >= 0.6 is 0 Å². The first-order valence-corrected chi connectivity index (χ1v) is 9.47. The Morgan fingerprint density at radius 1 is 1.25 bits per heavy atom. The predicted molar refractivity (Wildman–Crippen MR) is 106 cm³/mol. The van der Waals surface area contributed by atoms with Crippen molar-refractivity contribution >= 4 is 5.91 Å². The highest BCUT2D eigenvalue weighted by Crippen LogP contribution is 2.27. The molecule has 1 aliphatic heterocycles. The number of carbonyl (C=O) groups excluding carboxylic acids is 1. The molecular formula is C21H23N5O2. The van der Waals surface area contributed by atoms with Gasteiger partial charge in [-0.2, -0.15) is 5.10 Å². The number of aromatic nitrogens is 3. The number of pyridine rings is 1. The molecule has 0 saturated carbocycles. The van der Waals surface area contributed by atoms with E-state index >= 15 is 0 Å². The molecule has 1 aromatic carbocycles. The van der Waals surface area contributed by atoms with Gasteiger partial charge < -0.3 is 15.0 Å². The van der Waals surface area contributed by atoms with Gasteiger partial charge in [0.15, 0.2) is 11.4 Å². The van der Waals surface area contributed by atoms with Crippen LogP contribution in [0, 0.1) is 0 Å². The molecule has 1 amide bonds. The minimum absolute atomic E-state index is 0.0914. The summed E-state index contributed by atoms with van der Waals surface area (Å²) in [4.78, 5) is 19.5. The molecule has 4 rings (SSSR count). The fraction of sp³-hybridized carbons (Fsp3) is 0.286. The smallest absolute Gasteiger partial charge is 0.278 e. The van der Waals surface area contributed by atoms with Crippen molar-refractivity contribution in [1.82, 2.24) is 25.0 Å². The molecule has 0 aliphatic carbocycles. The number of hydrogen-bond acceptors (Lipinski definition) is 5. The van der Waals surface area contributed by atoms with Gasteiger partial charge in [0.2, 0.25) is 0 Å². The zero-order chi connectivity index (χ0) is 19.3. The number of rotatable bonds is 5. The lowest BCUT2D eigenvalue weighted by Crippen LogP contribution is -2.48. The molecule has 3 heterocycles. The number of carbonyl (C=O) groups is 1. The molecule has 0 bridgehead atoms. The Morgan fingerprint density at radius 3 is 2.86 bits per heavy atom. The monoisotopic (exact) mass is 377 g/mol. The Morgan fingerprint density at radius 2 is 2.11 bits per heavy atom. The molecule has 1 N–H and O–H groups in total. The number of benzene rings is 1. The summed E-state index contributed by atoms with van der Waals surface area (Å²) in [5.41, 5.74) is 2.22. The number of nitrogens with one attached hydrogen (secondary N) is 1. The number of para-hydroxylation sites is 1. The van der Waals surface area contributed by atoms with Crippen LogP contribution in [-0.2, 0) is 0 Å². The van der Waals surface area contributed by atoms with Gasteiger partial charge in [-0.3, -0.25) is 9.78 Å². The summed E-state index contributed by atoms with van der Waals surface area (Å²) in [5.74, 6) is 0.369. The third-order valence-corrected chi connectivity index (χ3v) is 4.78. The quantitative estimate of drug-likeness (QED) is 0.739. The molecule has 1 saturated heterocycles. The Labute approximate surface area is 164 Å². The van der Waals surface area contributed by atoms with E-state index < -0.39 is 0 Å². The molecule has 1 aliphatic rings. The van der Waals surface area contributed by atoms with Crippen molar-refractivity contribution in [2.75, 3.05) is 26.2 Å². The lowest BCUT2D eigenvalue weighted by molar-refractivity contribution is 0.0623. The topological polar surface area (TPSA) is 72.3 Å². The van der Waals surface area contributed by atoms with E-state index in [1.807, 2.05) is 60.5 Å². The number of nitrogens with zero attached hydrogens (tertiary/aromatic N) is 4. The highest BCUT2D eigenvalue weighted by molar-refractivity contribution is 5.95. The van der Waals surface area contributed by atoms with Crippen molar-refractivity contribution in [3.8, 4) is 11.4 Å². The van der Waals surface area contributed by atoms with E-state index in [2.05, 4.69) is 15.4 Å². The zero-order valence-corrected chi connectivity index (χ0v) is 15.8. The van der Waals surface area contributed by atoms with Crippen LogP contribution in [0.3, 0.4) is 0 Å². The SMILES string of the molecule is CCOc1cn(-c2ccccc2)nc1C(=O)N1CCNCC1c1cccnc1. The lowest BCUT2D eigenvalue weighted by Gasteiger charge is -2.36. The fourth-order valence-corrected chi connectivity index (χ4v) is 3.43. The minimum Gasteiger partial charge on any atom is -0.490 e. The van der Waals surface area contributed by atoms with Gasteiger partial charge in [-0.25, -0.2) is 4.68 Å². The van der Waals surface area contributed by atoms with Gasteiger partial charge in [0.1, 0.15) is 0 Å². The third kappa shape index (κ3) is 3.61. The van der Waals surface area contributed by atoms with Crippen LogP contribution in [0.4, 0.5) is 0 Å². The minimum atomic E-state index is -0.131. The van der Waals surface area contributed by atoms with E-state index in [9.17, 15) is 4.79 Å². The van der Waals surface area contributed by atoms with Crippen LogP contribution in [0.25, 0.3) is 5.69 Å². The number of piperazine rings is 1.